The van der Waals surface area contributed by atoms with Crippen LogP contribution in [0, 0.1) is 24.4 Å². The molecule has 0 spiro atoms. The van der Waals surface area contributed by atoms with Crippen LogP contribution in [0.1, 0.15) is 18.3 Å². The van der Waals surface area contributed by atoms with Gasteiger partial charge in [-0.25, -0.2) is 23.1 Å². The third-order valence-electron chi connectivity index (χ3n) is 3.04. The Morgan fingerprint density at radius 2 is 1.80 bits per heavy atom. The highest BCUT2D eigenvalue weighted by Crippen LogP contribution is 2.29. The smallest absolute Gasteiger partial charge is 0.195 e. The molecule has 1 N–H and O–H groups in total. The highest BCUT2D eigenvalue weighted by atomic mass is 19.2. The highest BCUT2D eigenvalue weighted by molar-refractivity contribution is 5.68. The van der Waals surface area contributed by atoms with Crippen LogP contribution in [0.2, 0.25) is 0 Å². The van der Waals surface area contributed by atoms with Crippen molar-refractivity contribution < 1.29 is 13.2 Å². The van der Waals surface area contributed by atoms with E-state index in [4.69, 9.17) is 0 Å². The van der Waals surface area contributed by atoms with Crippen LogP contribution in [0.4, 0.5) is 19.0 Å². The van der Waals surface area contributed by atoms with E-state index in [-0.39, 0.29) is 11.3 Å². The molecule has 2 aromatic rings. The Balaban J connectivity index is 2.72. The van der Waals surface area contributed by atoms with E-state index in [1.54, 1.807) is 14.0 Å². The van der Waals surface area contributed by atoms with E-state index in [9.17, 15) is 13.2 Å². The van der Waals surface area contributed by atoms with Crippen molar-refractivity contribution in [2.75, 3.05) is 12.4 Å². The van der Waals surface area contributed by atoms with Crippen molar-refractivity contribution in [3.8, 4) is 11.3 Å². The summed E-state index contributed by atoms with van der Waals surface area (Å²) in [4.78, 5) is 8.47. The largest absolute Gasteiger partial charge is 0.373 e. The first kappa shape index (κ1) is 14.3. The third kappa shape index (κ3) is 2.33. The van der Waals surface area contributed by atoms with Crippen molar-refractivity contribution in [2.24, 2.45) is 0 Å². The van der Waals surface area contributed by atoms with E-state index >= 15 is 0 Å². The van der Waals surface area contributed by atoms with Crippen LogP contribution < -0.4 is 5.32 Å². The number of nitrogens with zero attached hydrogens (tertiary/aromatic N) is 2. The molecule has 3 nitrogen and oxygen atoms in total. The highest BCUT2D eigenvalue weighted by Gasteiger charge is 2.19. The molecule has 0 unspecified atom stereocenters. The zero-order valence-corrected chi connectivity index (χ0v) is 11.4. The van der Waals surface area contributed by atoms with Crippen LogP contribution in [-0.2, 0) is 6.42 Å². The van der Waals surface area contributed by atoms with Gasteiger partial charge in [-0.15, -0.1) is 0 Å². The van der Waals surface area contributed by atoms with Crippen LogP contribution in [0.25, 0.3) is 11.3 Å². The van der Waals surface area contributed by atoms with E-state index in [1.165, 1.54) is 6.07 Å². The molecule has 0 aliphatic carbocycles. The summed E-state index contributed by atoms with van der Waals surface area (Å²) >= 11 is 0. The fraction of sp³-hybridized carbons (Fsp3) is 0.286. The average molecular weight is 281 g/mol. The quantitative estimate of drug-likeness (QED) is 0.875. The Hall–Kier alpha value is -2.11. The monoisotopic (exact) mass is 281 g/mol. The first-order valence-electron chi connectivity index (χ1n) is 6.18. The maximum atomic E-state index is 13.9. The van der Waals surface area contributed by atoms with Crippen LogP contribution in [-0.4, -0.2) is 17.0 Å². The molecule has 0 saturated carbocycles. The Bertz CT molecular complexity index is 657. The van der Waals surface area contributed by atoms with E-state index < -0.39 is 17.5 Å². The minimum atomic E-state index is -1.50. The predicted octanol–water partition coefficient (Wildman–Crippen LogP) is 3.47. The van der Waals surface area contributed by atoms with Gasteiger partial charge < -0.3 is 5.32 Å². The van der Waals surface area contributed by atoms with Gasteiger partial charge in [-0.2, -0.15) is 0 Å². The molecule has 0 atom stereocenters. The summed E-state index contributed by atoms with van der Waals surface area (Å²) in [6.45, 7) is 3.55. The minimum Gasteiger partial charge on any atom is -0.373 e. The topological polar surface area (TPSA) is 37.8 Å². The number of halogens is 3. The first-order valence-corrected chi connectivity index (χ1v) is 6.18. The van der Waals surface area contributed by atoms with Gasteiger partial charge in [0.1, 0.15) is 11.6 Å². The molecule has 0 aliphatic heterocycles. The standard InChI is InChI=1S/C14H14F3N3/c1-4-10-19-13(7(2)14(18-3)20-10)8-5-6-9(15)12(17)11(8)16/h5-6H,4H2,1-3H3,(H,18,19,20). The van der Waals surface area contributed by atoms with Gasteiger partial charge in [0.05, 0.1) is 5.69 Å². The van der Waals surface area contributed by atoms with Gasteiger partial charge in [-0.1, -0.05) is 6.92 Å². The third-order valence-corrected chi connectivity index (χ3v) is 3.04. The molecule has 0 radical (unpaired) electrons. The van der Waals surface area contributed by atoms with Crippen molar-refractivity contribution in [2.45, 2.75) is 20.3 Å². The molecule has 0 bridgehead atoms. The van der Waals surface area contributed by atoms with Gasteiger partial charge in [0.25, 0.3) is 0 Å². The van der Waals surface area contributed by atoms with E-state index in [1.807, 2.05) is 6.92 Å². The zero-order valence-electron chi connectivity index (χ0n) is 11.4. The number of benzene rings is 1. The molecule has 0 amide bonds. The SMILES string of the molecule is CCc1nc(NC)c(C)c(-c2ccc(F)c(F)c2F)n1. The summed E-state index contributed by atoms with van der Waals surface area (Å²) in [5.74, 6) is -2.92. The fourth-order valence-electron chi connectivity index (χ4n) is 1.94. The van der Waals surface area contributed by atoms with Gasteiger partial charge in [0.2, 0.25) is 0 Å². The van der Waals surface area contributed by atoms with Crippen molar-refractivity contribution in [3.63, 3.8) is 0 Å². The molecular weight excluding hydrogens is 267 g/mol. The molecular formula is C14H14F3N3. The molecule has 0 aliphatic rings. The molecule has 1 heterocycles. The lowest BCUT2D eigenvalue weighted by molar-refractivity contribution is 0.448. The maximum absolute atomic E-state index is 13.9. The van der Waals surface area contributed by atoms with Gasteiger partial charge >= 0.3 is 0 Å². The van der Waals surface area contributed by atoms with Crippen LogP contribution in [0.5, 0.6) is 0 Å². The fourth-order valence-corrected chi connectivity index (χ4v) is 1.94. The number of rotatable bonds is 3. The number of nitrogens with one attached hydrogen (secondary N) is 1. The lowest BCUT2D eigenvalue weighted by Gasteiger charge is -2.12. The molecule has 6 heteroatoms. The lowest BCUT2D eigenvalue weighted by Crippen LogP contribution is -2.06. The van der Waals surface area contributed by atoms with Crippen molar-refractivity contribution >= 4 is 5.82 Å². The van der Waals surface area contributed by atoms with E-state index in [0.717, 1.165) is 6.07 Å². The summed E-state index contributed by atoms with van der Waals surface area (Å²) in [6.07, 6.45) is 0.549. The van der Waals surface area contributed by atoms with Crippen molar-refractivity contribution in [3.05, 3.63) is 41.0 Å². The predicted molar refractivity (Wildman–Crippen MR) is 71.0 cm³/mol. The van der Waals surface area contributed by atoms with Crippen molar-refractivity contribution in [1.82, 2.24) is 9.97 Å². The summed E-state index contributed by atoms with van der Waals surface area (Å²) in [5, 5.41) is 2.88. The molecule has 0 saturated heterocycles. The zero-order chi connectivity index (χ0) is 14.9. The average Bonchev–Trinajstić information content (AvgIpc) is 2.46. The minimum absolute atomic E-state index is 0.0741. The molecule has 1 aromatic heterocycles. The van der Waals surface area contributed by atoms with Crippen molar-refractivity contribution in [1.29, 1.82) is 0 Å². The van der Waals surface area contributed by atoms with Gasteiger partial charge in [-0.05, 0) is 19.1 Å². The van der Waals surface area contributed by atoms with E-state index in [0.29, 0.717) is 23.6 Å². The molecule has 20 heavy (non-hydrogen) atoms. The second-order valence-corrected chi connectivity index (χ2v) is 4.29. The number of hydrogen-bond donors (Lipinski definition) is 1. The normalized spacial score (nSPS) is 10.7. The van der Waals surface area contributed by atoms with Crippen LogP contribution in [0.3, 0.4) is 0 Å². The lowest BCUT2D eigenvalue weighted by atomic mass is 10.1. The van der Waals surface area contributed by atoms with E-state index in [2.05, 4.69) is 15.3 Å². The second-order valence-electron chi connectivity index (χ2n) is 4.29. The van der Waals surface area contributed by atoms with Gasteiger partial charge in [0.15, 0.2) is 17.5 Å². The summed E-state index contributed by atoms with van der Waals surface area (Å²) in [5.41, 5.74) is 0.766. The first-order chi connectivity index (χ1) is 9.49. The molecule has 1 aromatic carbocycles. The summed E-state index contributed by atoms with van der Waals surface area (Å²) in [7, 11) is 1.68. The molecule has 0 fully saturated rings. The molecule has 2 rings (SSSR count). The van der Waals surface area contributed by atoms with Crippen LogP contribution >= 0.6 is 0 Å². The Morgan fingerprint density at radius 1 is 1.10 bits per heavy atom. The summed E-state index contributed by atoms with van der Waals surface area (Å²) in [6, 6.07) is 2.07. The Kier molecular flexibility index (Phi) is 3.92. The van der Waals surface area contributed by atoms with Gasteiger partial charge in [-0.3, -0.25) is 0 Å². The maximum Gasteiger partial charge on any atom is 0.195 e. The van der Waals surface area contributed by atoms with Crippen LogP contribution in [0.15, 0.2) is 12.1 Å². The Morgan fingerprint density at radius 3 is 2.40 bits per heavy atom. The molecule has 106 valence electrons. The number of aryl methyl sites for hydroxylation is 1. The number of aromatic nitrogens is 2. The second kappa shape index (κ2) is 5.48. The van der Waals surface area contributed by atoms with Gasteiger partial charge in [0, 0.05) is 24.6 Å². The Labute approximate surface area is 114 Å². The number of anilines is 1. The summed E-state index contributed by atoms with van der Waals surface area (Å²) < 4.78 is 40.3. The number of hydrogen-bond acceptors (Lipinski definition) is 3.